The van der Waals surface area contributed by atoms with Crippen LogP contribution < -0.4 is 0 Å². The first-order valence-electron chi connectivity index (χ1n) is 5.41. The molecule has 17 heavy (non-hydrogen) atoms. The Kier molecular flexibility index (Phi) is 3.27. The van der Waals surface area contributed by atoms with E-state index in [9.17, 15) is 4.79 Å². The number of hydrogen-bond acceptors (Lipinski definition) is 5. The van der Waals surface area contributed by atoms with Crippen molar-refractivity contribution in [3.8, 4) is 0 Å². The summed E-state index contributed by atoms with van der Waals surface area (Å²) in [5, 5.41) is 11.7. The first kappa shape index (κ1) is 11.4. The molecule has 0 radical (unpaired) electrons. The molecule has 0 spiro atoms. The maximum atomic E-state index is 10.5. The first-order chi connectivity index (χ1) is 8.19. The number of carbonyl (C=O) groups is 1. The van der Waals surface area contributed by atoms with Gasteiger partial charge in [0.2, 0.25) is 0 Å². The molecule has 90 valence electrons. The van der Waals surface area contributed by atoms with Crippen molar-refractivity contribution >= 4 is 6.29 Å². The summed E-state index contributed by atoms with van der Waals surface area (Å²) in [6.45, 7) is 5.51. The summed E-state index contributed by atoms with van der Waals surface area (Å²) in [6.07, 6.45) is 3.78. The fourth-order valence-corrected chi connectivity index (χ4v) is 1.50. The normalized spacial score (nSPS) is 11.0. The minimum absolute atomic E-state index is 0.319. The van der Waals surface area contributed by atoms with Gasteiger partial charge in [-0.3, -0.25) is 4.79 Å². The Morgan fingerprint density at radius 3 is 2.94 bits per heavy atom. The number of carbonyl (C=O) groups excluding carboxylic acids is 1. The molecule has 0 aliphatic heterocycles. The Morgan fingerprint density at radius 2 is 2.29 bits per heavy atom. The Balaban J connectivity index is 2.12. The fourth-order valence-electron chi connectivity index (χ4n) is 1.50. The second-order valence-corrected chi connectivity index (χ2v) is 4.21. The molecule has 0 fully saturated rings. The van der Waals surface area contributed by atoms with E-state index in [4.69, 9.17) is 0 Å². The molecule has 0 aromatic carbocycles. The van der Waals surface area contributed by atoms with Crippen LogP contribution in [0.5, 0.6) is 0 Å². The third-order valence-corrected chi connectivity index (χ3v) is 2.21. The molecule has 2 aromatic heterocycles. The highest BCUT2D eigenvalue weighted by Gasteiger charge is 2.08. The van der Waals surface area contributed by atoms with Crippen LogP contribution in [0.25, 0.3) is 0 Å². The number of rotatable bonds is 5. The quantitative estimate of drug-likeness (QED) is 0.699. The van der Waals surface area contributed by atoms with Gasteiger partial charge in [-0.15, -0.1) is 5.10 Å². The van der Waals surface area contributed by atoms with E-state index in [2.05, 4.69) is 34.2 Å². The SMILES string of the molecule is CC(C)Cn1ncnc1Cn1cc(C=O)nn1. The minimum atomic E-state index is 0.319. The molecule has 0 saturated carbocycles. The van der Waals surface area contributed by atoms with Crippen molar-refractivity contribution < 1.29 is 4.79 Å². The maximum Gasteiger partial charge on any atom is 0.171 e. The summed E-state index contributed by atoms with van der Waals surface area (Å²) in [5.41, 5.74) is 0.319. The van der Waals surface area contributed by atoms with E-state index in [0.29, 0.717) is 24.4 Å². The van der Waals surface area contributed by atoms with Crippen molar-refractivity contribution in [2.45, 2.75) is 26.9 Å². The number of aromatic nitrogens is 6. The predicted molar refractivity (Wildman–Crippen MR) is 59.4 cm³/mol. The van der Waals surface area contributed by atoms with Gasteiger partial charge in [0.15, 0.2) is 6.29 Å². The third kappa shape index (κ3) is 2.74. The molecule has 0 atom stereocenters. The zero-order chi connectivity index (χ0) is 12.3. The number of aldehydes is 1. The van der Waals surface area contributed by atoms with E-state index < -0.39 is 0 Å². The van der Waals surface area contributed by atoms with Crippen LogP contribution in [-0.2, 0) is 13.1 Å². The lowest BCUT2D eigenvalue weighted by Gasteiger charge is -2.07. The zero-order valence-corrected chi connectivity index (χ0v) is 9.82. The summed E-state index contributed by atoms with van der Waals surface area (Å²) in [6, 6.07) is 0. The lowest BCUT2D eigenvalue weighted by Crippen LogP contribution is -2.13. The predicted octanol–water partition coefficient (Wildman–Crippen LogP) is 0.386. The molecule has 0 bridgehead atoms. The van der Waals surface area contributed by atoms with Gasteiger partial charge in [-0.2, -0.15) is 5.10 Å². The first-order valence-corrected chi connectivity index (χ1v) is 5.41. The molecule has 2 rings (SSSR count). The van der Waals surface area contributed by atoms with Crippen molar-refractivity contribution in [1.29, 1.82) is 0 Å². The van der Waals surface area contributed by atoms with Crippen LogP contribution in [0.15, 0.2) is 12.5 Å². The summed E-state index contributed by atoms with van der Waals surface area (Å²) in [7, 11) is 0. The molecule has 2 aromatic rings. The maximum absolute atomic E-state index is 10.5. The Hall–Kier alpha value is -2.05. The van der Waals surface area contributed by atoms with Gasteiger partial charge >= 0.3 is 0 Å². The molecule has 0 N–H and O–H groups in total. The van der Waals surface area contributed by atoms with Gasteiger partial charge in [-0.05, 0) is 5.92 Å². The largest absolute Gasteiger partial charge is 0.296 e. The van der Waals surface area contributed by atoms with Crippen LogP contribution in [0.2, 0.25) is 0 Å². The molecular formula is C10H14N6O. The van der Waals surface area contributed by atoms with Crippen molar-refractivity contribution in [3.63, 3.8) is 0 Å². The summed E-state index contributed by atoms with van der Waals surface area (Å²) >= 11 is 0. The van der Waals surface area contributed by atoms with Crippen LogP contribution in [0, 0.1) is 5.92 Å². The standard InChI is InChI=1S/C10H14N6O/c1-8(2)3-16-10(11-7-12-16)5-15-4-9(6-17)13-14-15/h4,6-8H,3,5H2,1-2H3. The van der Waals surface area contributed by atoms with Gasteiger partial charge < -0.3 is 0 Å². The molecule has 0 aliphatic carbocycles. The smallest absolute Gasteiger partial charge is 0.171 e. The van der Waals surface area contributed by atoms with Crippen LogP contribution in [-0.4, -0.2) is 36.0 Å². The molecule has 0 amide bonds. The van der Waals surface area contributed by atoms with Crippen molar-refractivity contribution in [1.82, 2.24) is 29.8 Å². The van der Waals surface area contributed by atoms with Crippen molar-refractivity contribution in [2.75, 3.05) is 0 Å². The average molecular weight is 234 g/mol. The Labute approximate surface area is 98.5 Å². The Morgan fingerprint density at radius 1 is 1.47 bits per heavy atom. The van der Waals surface area contributed by atoms with Gasteiger partial charge in [-0.25, -0.2) is 14.3 Å². The number of nitrogens with zero attached hydrogens (tertiary/aromatic N) is 6. The van der Waals surface area contributed by atoms with Crippen molar-refractivity contribution in [2.24, 2.45) is 5.92 Å². The highest BCUT2D eigenvalue weighted by Crippen LogP contribution is 2.03. The zero-order valence-electron chi connectivity index (χ0n) is 9.82. The molecule has 0 unspecified atom stereocenters. The van der Waals surface area contributed by atoms with Gasteiger partial charge in [0.1, 0.15) is 24.4 Å². The van der Waals surface area contributed by atoms with Gasteiger partial charge in [0.05, 0.1) is 6.20 Å². The van der Waals surface area contributed by atoms with Crippen LogP contribution >= 0.6 is 0 Å². The number of hydrogen-bond donors (Lipinski definition) is 0. The average Bonchev–Trinajstić information content (AvgIpc) is 2.89. The van der Waals surface area contributed by atoms with E-state index in [1.54, 1.807) is 10.9 Å². The summed E-state index contributed by atoms with van der Waals surface area (Å²) < 4.78 is 3.41. The molecular weight excluding hydrogens is 220 g/mol. The molecule has 0 saturated heterocycles. The van der Waals surface area contributed by atoms with E-state index in [0.717, 1.165) is 12.4 Å². The van der Waals surface area contributed by atoms with Gasteiger partial charge in [0, 0.05) is 6.54 Å². The monoisotopic (exact) mass is 234 g/mol. The third-order valence-electron chi connectivity index (χ3n) is 2.21. The van der Waals surface area contributed by atoms with E-state index in [1.807, 2.05) is 4.68 Å². The van der Waals surface area contributed by atoms with Crippen LogP contribution in [0.3, 0.4) is 0 Å². The topological polar surface area (TPSA) is 78.5 Å². The highest BCUT2D eigenvalue weighted by molar-refractivity contribution is 5.70. The lowest BCUT2D eigenvalue weighted by molar-refractivity contribution is 0.111. The molecule has 7 nitrogen and oxygen atoms in total. The van der Waals surface area contributed by atoms with E-state index in [-0.39, 0.29) is 0 Å². The Bertz CT molecular complexity index is 500. The second-order valence-electron chi connectivity index (χ2n) is 4.21. The van der Waals surface area contributed by atoms with Gasteiger partial charge in [0.25, 0.3) is 0 Å². The molecule has 7 heteroatoms. The molecule has 2 heterocycles. The van der Waals surface area contributed by atoms with E-state index >= 15 is 0 Å². The van der Waals surface area contributed by atoms with Crippen LogP contribution in [0.1, 0.15) is 30.2 Å². The van der Waals surface area contributed by atoms with Crippen LogP contribution in [0.4, 0.5) is 0 Å². The van der Waals surface area contributed by atoms with Crippen molar-refractivity contribution in [3.05, 3.63) is 24.0 Å². The van der Waals surface area contributed by atoms with E-state index in [1.165, 1.54) is 6.33 Å². The van der Waals surface area contributed by atoms with Gasteiger partial charge in [-0.1, -0.05) is 19.1 Å². The summed E-state index contributed by atoms with van der Waals surface area (Å²) in [4.78, 5) is 14.7. The lowest BCUT2D eigenvalue weighted by atomic mass is 10.2. The summed E-state index contributed by atoms with van der Waals surface area (Å²) in [5.74, 6) is 1.30. The minimum Gasteiger partial charge on any atom is -0.296 e. The second kappa shape index (κ2) is 4.86. The fraction of sp³-hybridized carbons (Fsp3) is 0.500. The molecule has 0 aliphatic rings. The highest BCUT2D eigenvalue weighted by atomic mass is 16.1.